The standard InChI is InChI=1S/C23H17NO6/c1-24(2)13-8-7-12-9-15(21(25)29-19(12)10-13)16-11-17-20(30-22(16)26)14-5-3-4-6-18(14)28-23(17)27/h3-11,23,27H,1-2H3. The lowest BCUT2D eigenvalue weighted by atomic mass is 9.99. The maximum absolute atomic E-state index is 12.8. The number of ether oxygens (including phenoxy) is 1. The van der Waals surface area contributed by atoms with Crippen LogP contribution in [0.3, 0.4) is 0 Å². The van der Waals surface area contributed by atoms with E-state index in [4.69, 9.17) is 13.6 Å². The number of rotatable bonds is 2. The molecule has 1 N–H and O–H groups in total. The Balaban J connectivity index is 1.71. The quantitative estimate of drug-likeness (QED) is 0.512. The van der Waals surface area contributed by atoms with Crippen molar-refractivity contribution in [3.05, 3.63) is 81.0 Å². The Morgan fingerprint density at radius 3 is 2.40 bits per heavy atom. The van der Waals surface area contributed by atoms with Gasteiger partial charge < -0.3 is 23.6 Å². The highest BCUT2D eigenvalue weighted by Gasteiger charge is 2.29. The van der Waals surface area contributed by atoms with Gasteiger partial charge in [-0.3, -0.25) is 0 Å². The van der Waals surface area contributed by atoms with Crippen molar-refractivity contribution in [2.24, 2.45) is 0 Å². The molecule has 30 heavy (non-hydrogen) atoms. The molecule has 0 saturated carbocycles. The summed E-state index contributed by atoms with van der Waals surface area (Å²) in [4.78, 5) is 27.3. The molecule has 2 aromatic carbocycles. The molecule has 1 aliphatic heterocycles. The van der Waals surface area contributed by atoms with Gasteiger partial charge in [0.15, 0.2) is 5.76 Å². The van der Waals surface area contributed by atoms with Gasteiger partial charge in [0.1, 0.15) is 11.3 Å². The predicted molar refractivity (Wildman–Crippen MR) is 112 cm³/mol. The van der Waals surface area contributed by atoms with Gasteiger partial charge in [0.05, 0.1) is 22.3 Å². The first-order chi connectivity index (χ1) is 14.4. The molecule has 0 bridgehead atoms. The maximum atomic E-state index is 12.8. The monoisotopic (exact) mass is 403 g/mol. The fourth-order valence-corrected chi connectivity index (χ4v) is 3.57. The van der Waals surface area contributed by atoms with Crippen molar-refractivity contribution in [3.63, 3.8) is 0 Å². The van der Waals surface area contributed by atoms with Crippen LogP contribution in [0.2, 0.25) is 0 Å². The summed E-state index contributed by atoms with van der Waals surface area (Å²) >= 11 is 0. The minimum absolute atomic E-state index is 0.00289. The highest BCUT2D eigenvalue weighted by atomic mass is 16.6. The molecule has 1 unspecified atom stereocenters. The highest BCUT2D eigenvalue weighted by molar-refractivity contribution is 5.84. The van der Waals surface area contributed by atoms with Crippen LogP contribution in [0.15, 0.2) is 73.0 Å². The van der Waals surface area contributed by atoms with Crippen LogP contribution in [0.1, 0.15) is 11.9 Å². The van der Waals surface area contributed by atoms with E-state index in [9.17, 15) is 14.7 Å². The van der Waals surface area contributed by atoms with E-state index in [1.165, 1.54) is 6.07 Å². The van der Waals surface area contributed by atoms with Gasteiger partial charge in [0.2, 0.25) is 6.29 Å². The lowest BCUT2D eigenvalue weighted by molar-refractivity contribution is -0.0231. The second-order valence-corrected chi connectivity index (χ2v) is 7.26. The summed E-state index contributed by atoms with van der Waals surface area (Å²) in [5.41, 5.74) is 0.812. The average Bonchev–Trinajstić information content (AvgIpc) is 2.73. The molecule has 7 nitrogen and oxygen atoms in total. The van der Waals surface area contributed by atoms with Crippen molar-refractivity contribution < 1.29 is 18.7 Å². The second-order valence-electron chi connectivity index (χ2n) is 7.26. The van der Waals surface area contributed by atoms with E-state index in [1.54, 1.807) is 36.4 Å². The second kappa shape index (κ2) is 6.60. The van der Waals surface area contributed by atoms with E-state index < -0.39 is 17.5 Å². The first-order valence-electron chi connectivity index (χ1n) is 9.30. The number of aliphatic hydroxyl groups excluding tert-OH is 1. The van der Waals surface area contributed by atoms with E-state index in [-0.39, 0.29) is 22.5 Å². The Hall–Kier alpha value is -3.84. The third kappa shape index (κ3) is 2.79. The van der Waals surface area contributed by atoms with Crippen LogP contribution in [0.4, 0.5) is 5.69 Å². The number of para-hydroxylation sites is 1. The topological polar surface area (TPSA) is 93.1 Å². The summed E-state index contributed by atoms with van der Waals surface area (Å²) in [5, 5.41) is 11.1. The summed E-state index contributed by atoms with van der Waals surface area (Å²) in [7, 11) is 3.77. The van der Waals surface area contributed by atoms with E-state index in [1.807, 2.05) is 31.1 Å². The largest absolute Gasteiger partial charge is 0.460 e. The number of aliphatic hydroxyl groups is 1. The Morgan fingerprint density at radius 2 is 1.60 bits per heavy atom. The first-order valence-corrected chi connectivity index (χ1v) is 9.30. The van der Waals surface area contributed by atoms with Crippen molar-refractivity contribution in [3.8, 4) is 28.2 Å². The summed E-state index contributed by atoms with van der Waals surface area (Å²) < 4.78 is 16.5. The molecule has 150 valence electrons. The van der Waals surface area contributed by atoms with Gasteiger partial charge >= 0.3 is 11.3 Å². The molecule has 0 spiro atoms. The van der Waals surface area contributed by atoms with Crippen LogP contribution in [0.25, 0.3) is 33.4 Å². The molecule has 0 amide bonds. The van der Waals surface area contributed by atoms with Crippen molar-refractivity contribution in [1.29, 1.82) is 0 Å². The highest BCUT2D eigenvalue weighted by Crippen LogP contribution is 2.41. The molecule has 2 aromatic heterocycles. The Kier molecular flexibility index (Phi) is 4.01. The van der Waals surface area contributed by atoms with Gasteiger partial charge in [0.25, 0.3) is 0 Å². The molecule has 3 heterocycles. The Labute approximate surface area is 170 Å². The zero-order valence-corrected chi connectivity index (χ0v) is 16.2. The van der Waals surface area contributed by atoms with Gasteiger partial charge in [-0.25, -0.2) is 9.59 Å². The maximum Gasteiger partial charge on any atom is 0.344 e. The molecule has 0 aliphatic carbocycles. The van der Waals surface area contributed by atoms with Crippen LogP contribution in [0, 0.1) is 0 Å². The third-order valence-electron chi connectivity index (χ3n) is 5.14. The number of nitrogens with zero attached hydrogens (tertiary/aromatic N) is 1. The fraction of sp³-hybridized carbons (Fsp3) is 0.130. The lowest BCUT2D eigenvalue weighted by Gasteiger charge is -2.23. The molecule has 1 atom stereocenters. The smallest absolute Gasteiger partial charge is 0.344 e. The zero-order chi connectivity index (χ0) is 21.0. The number of anilines is 1. The number of benzene rings is 2. The normalized spacial score (nSPS) is 14.7. The van der Waals surface area contributed by atoms with Crippen LogP contribution < -0.4 is 20.9 Å². The number of hydrogen-bond acceptors (Lipinski definition) is 7. The van der Waals surface area contributed by atoms with Gasteiger partial charge in [-0.2, -0.15) is 0 Å². The molecule has 0 saturated heterocycles. The minimum atomic E-state index is -1.33. The first kappa shape index (κ1) is 18.2. The molecular weight excluding hydrogens is 386 g/mol. The number of hydrogen-bond donors (Lipinski definition) is 1. The van der Waals surface area contributed by atoms with Gasteiger partial charge in [0, 0.05) is 31.2 Å². The summed E-state index contributed by atoms with van der Waals surface area (Å²) in [5.74, 6) is 0.634. The van der Waals surface area contributed by atoms with E-state index >= 15 is 0 Å². The fourth-order valence-electron chi connectivity index (χ4n) is 3.57. The van der Waals surface area contributed by atoms with Crippen molar-refractivity contribution in [2.75, 3.05) is 19.0 Å². The van der Waals surface area contributed by atoms with Gasteiger partial charge in [-0.1, -0.05) is 12.1 Å². The molecular formula is C23H17NO6. The SMILES string of the molecule is CN(C)c1ccc2cc(-c3cc4c(oc3=O)-c3ccccc3OC4O)c(=O)oc2c1. The summed E-state index contributed by atoms with van der Waals surface area (Å²) in [6.07, 6.45) is -1.33. The third-order valence-corrected chi connectivity index (χ3v) is 5.14. The van der Waals surface area contributed by atoms with E-state index in [0.717, 1.165) is 5.69 Å². The molecule has 0 fully saturated rings. The summed E-state index contributed by atoms with van der Waals surface area (Å²) in [6.45, 7) is 0. The van der Waals surface area contributed by atoms with E-state index in [2.05, 4.69) is 0 Å². The average molecular weight is 403 g/mol. The van der Waals surface area contributed by atoms with Crippen LogP contribution >= 0.6 is 0 Å². The molecule has 0 radical (unpaired) electrons. The molecule has 7 heteroatoms. The molecule has 4 aromatic rings. The van der Waals surface area contributed by atoms with Gasteiger partial charge in [-0.05, 0) is 36.4 Å². The Morgan fingerprint density at radius 1 is 0.867 bits per heavy atom. The Bertz CT molecular complexity index is 1420. The van der Waals surface area contributed by atoms with Crippen LogP contribution in [-0.2, 0) is 0 Å². The van der Waals surface area contributed by atoms with Crippen LogP contribution in [0.5, 0.6) is 5.75 Å². The van der Waals surface area contributed by atoms with Crippen molar-refractivity contribution in [1.82, 2.24) is 0 Å². The molecule has 5 rings (SSSR count). The molecule has 1 aliphatic rings. The van der Waals surface area contributed by atoms with Crippen molar-refractivity contribution in [2.45, 2.75) is 6.29 Å². The van der Waals surface area contributed by atoms with Crippen molar-refractivity contribution >= 4 is 16.7 Å². The lowest BCUT2D eigenvalue weighted by Crippen LogP contribution is -2.18. The predicted octanol–water partition coefficient (Wildman–Crippen LogP) is 3.53. The minimum Gasteiger partial charge on any atom is -0.460 e. The van der Waals surface area contributed by atoms with Crippen LogP contribution in [-0.4, -0.2) is 19.2 Å². The van der Waals surface area contributed by atoms with E-state index in [0.29, 0.717) is 22.3 Å². The number of fused-ring (bicyclic) bond motifs is 4. The zero-order valence-electron chi connectivity index (χ0n) is 16.2. The summed E-state index contributed by atoms with van der Waals surface area (Å²) in [6, 6.07) is 15.4. The van der Waals surface area contributed by atoms with Gasteiger partial charge in [-0.15, -0.1) is 0 Å².